The van der Waals surface area contributed by atoms with Gasteiger partial charge in [0.05, 0.1) is 11.7 Å². The Morgan fingerprint density at radius 1 is 1.35 bits per heavy atom. The number of hydrogen-bond acceptors (Lipinski definition) is 3. The Bertz CT molecular complexity index is 488. The van der Waals surface area contributed by atoms with E-state index in [4.69, 9.17) is 18.0 Å². The Morgan fingerprint density at radius 3 is 2.50 bits per heavy atom. The highest BCUT2D eigenvalue weighted by Crippen LogP contribution is 2.15. The molecule has 20 heavy (non-hydrogen) atoms. The number of nitrogens with two attached hydrogens (primary N) is 1. The molecule has 1 atom stereocenters. The number of likely N-dealkylation sites (N-methyl/N-ethyl adjacent to an activating group) is 1. The molecule has 110 valence electrons. The first-order chi connectivity index (χ1) is 9.32. The number of anilines is 1. The maximum atomic E-state index is 12.3. The summed E-state index contributed by atoms with van der Waals surface area (Å²) in [6, 6.07) is 7.09. The molecule has 5 heteroatoms. The Balaban J connectivity index is 2.78. The maximum absolute atomic E-state index is 12.3. The number of benzene rings is 1. The van der Waals surface area contributed by atoms with Gasteiger partial charge in [0.1, 0.15) is 4.99 Å². The first-order valence-electron chi connectivity index (χ1n) is 6.72. The van der Waals surface area contributed by atoms with E-state index in [1.54, 1.807) is 6.07 Å². The second-order valence-electron chi connectivity index (χ2n) is 5.41. The van der Waals surface area contributed by atoms with Gasteiger partial charge in [0.25, 0.3) is 0 Å². The molecule has 0 radical (unpaired) electrons. The van der Waals surface area contributed by atoms with Crippen molar-refractivity contribution in [1.29, 1.82) is 0 Å². The Kier molecular flexibility index (Phi) is 6.10. The van der Waals surface area contributed by atoms with Gasteiger partial charge in [-0.15, -0.1) is 0 Å². The first-order valence-corrected chi connectivity index (χ1v) is 7.13. The molecule has 1 rings (SSSR count). The second-order valence-corrected chi connectivity index (χ2v) is 5.85. The predicted molar refractivity (Wildman–Crippen MR) is 87.9 cm³/mol. The summed E-state index contributed by atoms with van der Waals surface area (Å²) in [7, 11) is 1.95. The molecule has 1 aromatic carbocycles. The lowest BCUT2D eigenvalue weighted by Gasteiger charge is -2.25. The van der Waals surface area contributed by atoms with Crippen molar-refractivity contribution in [2.24, 2.45) is 11.7 Å². The van der Waals surface area contributed by atoms with Crippen molar-refractivity contribution in [3.63, 3.8) is 0 Å². The molecule has 0 aliphatic carbocycles. The summed E-state index contributed by atoms with van der Waals surface area (Å²) in [6.45, 7) is 7.01. The zero-order valence-corrected chi connectivity index (χ0v) is 13.3. The van der Waals surface area contributed by atoms with Crippen LogP contribution in [0.1, 0.15) is 26.3 Å². The molecule has 4 nitrogen and oxygen atoms in total. The van der Waals surface area contributed by atoms with E-state index >= 15 is 0 Å². The van der Waals surface area contributed by atoms with Gasteiger partial charge in [-0.3, -0.25) is 9.69 Å². The topological polar surface area (TPSA) is 58.4 Å². The molecule has 0 aliphatic heterocycles. The molecule has 0 aliphatic rings. The number of carbonyl (C=O) groups excluding carboxylic acids is 1. The molecule has 1 amide bonds. The zero-order chi connectivity index (χ0) is 15.3. The summed E-state index contributed by atoms with van der Waals surface area (Å²) in [5, 5.41) is 2.90. The third-order valence-electron chi connectivity index (χ3n) is 3.14. The molecule has 0 saturated heterocycles. The largest absolute Gasteiger partial charge is 0.389 e. The molecular formula is C15H23N3OS. The van der Waals surface area contributed by atoms with Crippen LogP contribution in [-0.2, 0) is 4.79 Å². The number of para-hydroxylation sites is 1. The summed E-state index contributed by atoms with van der Waals surface area (Å²) in [5.41, 5.74) is 7.01. The van der Waals surface area contributed by atoms with E-state index in [2.05, 4.69) is 19.2 Å². The summed E-state index contributed by atoms with van der Waals surface area (Å²) < 4.78 is 0. The van der Waals surface area contributed by atoms with Crippen LogP contribution in [0.25, 0.3) is 0 Å². The van der Waals surface area contributed by atoms with Crippen LogP contribution >= 0.6 is 12.2 Å². The van der Waals surface area contributed by atoms with Crippen LogP contribution in [-0.4, -0.2) is 35.4 Å². The third kappa shape index (κ3) is 4.58. The molecule has 0 heterocycles. The summed E-state index contributed by atoms with van der Waals surface area (Å²) in [4.78, 5) is 14.6. The minimum Gasteiger partial charge on any atom is -0.389 e. The smallest absolute Gasteiger partial charge is 0.241 e. The van der Waals surface area contributed by atoms with E-state index in [0.29, 0.717) is 17.2 Å². The van der Waals surface area contributed by atoms with Crippen LogP contribution in [0, 0.1) is 5.92 Å². The average Bonchev–Trinajstić information content (AvgIpc) is 2.37. The van der Waals surface area contributed by atoms with Crippen molar-refractivity contribution >= 4 is 28.8 Å². The van der Waals surface area contributed by atoms with Crippen LogP contribution in [0.2, 0.25) is 0 Å². The molecule has 1 unspecified atom stereocenters. The summed E-state index contributed by atoms with van der Waals surface area (Å²) in [6.07, 6.45) is 0. The van der Waals surface area contributed by atoms with E-state index in [-0.39, 0.29) is 16.9 Å². The van der Waals surface area contributed by atoms with E-state index in [1.807, 2.05) is 37.1 Å². The number of amides is 1. The molecule has 0 saturated carbocycles. The molecular weight excluding hydrogens is 270 g/mol. The third-order valence-corrected chi connectivity index (χ3v) is 3.36. The number of carbonyl (C=O) groups is 1. The van der Waals surface area contributed by atoms with Gasteiger partial charge >= 0.3 is 0 Å². The van der Waals surface area contributed by atoms with Crippen LogP contribution in [0.4, 0.5) is 5.69 Å². The monoisotopic (exact) mass is 293 g/mol. The quantitative estimate of drug-likeness (QED) is 0.790. The minimum absolute atomic E-state index is 0.0585. The minimum atomic E-state index is -0.211. The number of nitrogens with one attached hydrogen (secondary N) is 1. The Hall–Kier alpha value is -1.46. The van der Waals surface area contributed by atoms with Gasteiger partial charge in [-0.05, 0) is 32.0 Å². The fourth-order valence-corrected chi connectivity index (χ4v) is 2.16. The molecule has 0 spiro atoms. The SMILES string of the molecule is CC(C)CN(C)C(C)C(=O)Nc1ccccc1C(N)=S. The highest BCUT2D eigenvalue weighted by atomic mass is 32.1. The van der Waals surface area contributed by atoms with E-state index < -0.39 is 0 Å². The lowest BCUT2D eigenvalue weighted by Crippen LogP contribution is -2.41. The Morgan fingerprint density at radius 2 is 1.95 bits per heavy atom. The lowest BCUT2D eigenvalue weighted by atomic mass is 10.1. The summed E-state index contributed by atoms with van der Waals surface area (Å²) in [5.74, 6) is 0.455. The zero-order valence-electron chi connectivity index (χ0n) is 12.5. The van der Waals surface area contributed by atoms with Gasteiger partial charge in [-0.25, -0.2) is 0 Å². The van der Waals surface area contributed by atoms with Crippen LogP contribution < -0.4 is 11.1 Å². The number of thiocarbonyl (C=S) groups is 1. The average molecular weight is 293 g/mol. The van der Waals surface area contributed by atoms with Crippen molar-refractivity contribution < 1.29 is 4.79 Å². The van der Waals surface area contributed by atoms with Crippen molar-refractivity contribution in [2.75, 3.05) is 18.9 Å². The molecule has 0 bridgehead atoms. The van der Waals surface area contributed by atoms with Crippen LogP contribution in [0.3, 0.4) is 0 Å². The van der Waals surface area contributed by atoms with Gasteiger partial charge in [0.2, 0.25) is 5.91 Å². The summed E-state index contributed by atoms with van der Waals surface area (Å²) >= 11 is 4.99. The van der Waals surface area contributed by atoms with Gasteiger partial charge in [-0.2, -0.15) is 0 Å². The fraction of sp³-hybridized carbons (Fsp3) is 0.467. The second kappa shape index (κ2) is 7.36. The first kappa shape index (κ1) is 16.6. The lowest BCUT2D eigenvalue weighted by molar-refractivity contribution is -0.120. The normalized spacial score (nSPS) is 12.5. The van der Waals surface area contributed by atoms with Gasteiger partial charge in [-0.1, -0.05) is 38.2 Å². The fourth-order valence-electron chi connectivity index (χ4n) is 1.98. The van der Waals surface area contributed by atoms with E-state index in [0.717, 1.165) is 6.54 Å². The highest BCUT2D eigenvalue weighted by Gasteiger charge is 2.19. The van der Waals surface area contributed by atoms with Crippen molar-refractivity contribution in [2.45, 2.75) is 26.8 Å². The standard InChI is InChI=1S/C15H23N3OS/c1-10(2)9-18(4)11(3)15(19)17-13-8-6-5-7-12(13)14(16)20/h5-8,10-11H,9H2,1-4H3,(H2,16,20)(H,17,19). The van der Waals surface area contributed by atoms with Gasteiger partial charge < -0.3 is 11.1 Å². The molecule has 3 N–H and O–H groups in total. The molecule has 0 fully saturated rings. The maximum Gasteiger partial charge on any atom is 0.241 e. The number of nitrogens with zero attached hydrogens (tertiary/aromatic N) is 1. The van der Waals surface area contributed by atoms with E-state index in [9.17, 15) is 4.79 Å². The van der Waals surface area contributed by atoms with E-state index in [1.165, 1.54) is 0 Å². The van der Waals surface area contributed by atoms with Gasteiger partial charge in [0.15, 0.2) is 0 Å². The Labute approximate surface area is 126 Å². The number of rotatable bonds is 6. The van der Waals surface area contributed by atoms with Crippen molar-refractivity contribution in [3.8, 4) is 0 Å². The molecule has 1 aromatic rings. The van der Waals surface area contributed by atoms with Crippen LogP contribution in [0.15, 0.2) is 24.3 Å². The van der Waals surface area contributed by atoms with Crippen molar-refractivity contribution in [1.82, 2.24) is 4.90 Å². The van der Waals surface area contributed by atoms with Crippen LogP contribution in [0.5, 0.6) is 0 Å². The van der Waals surface area contributed by atoms with Crippen molar-refractivity contribution in [3.05, 3.63) is 29.8 Å². The number of hydrogen-bond donors (Lipinski definition) is 2. The molecule has 0 aromatic heterocycles. The highest BCUT2D eigenvalue weighted by molar-refractivity contribution is 7.80. The predicted octanol–water partition coefficient (Wildman–Crippen LogP) is 2.24. The van der Waals surface area contributed by atoms with Gasteiger partial charge in [0, 0.05) is 12.1 Å².